The van der Waals surface area contributed by atoms with E-state index in [1.807, 2.05) is 0 Å². The molecule has 2 aliphatic rings. The fraction of sp³-hybridized carbons (Fsp3) is 0.571. The topological polar surface area (TPSA) is 83.6 Å². The minimum absolute atomic E-state index is 0.0834. The molecule has 0 amide bonds. The lowest BCUT2D eigenvalue weighted by molar-refractivity contribution is 0.382. The van der Waals surface area contributed by atoms with Crippen molar-refractivity contribution in [3.05, 3.63) is 18.2 Å². The Morgan fingerprint density at radius 3 is 2.15 bits per heavy atom. The summed E-state index contributed by atoms with van der Waals surface area (Å²) < 4.78 is 27.0. The zero-order chi connectivity index (χ0) is 14.3. The molecule has 2 fully saturated rings. The fourth-order valence-electron chi connectivity index (χ4n) is 2.29. The predicted molar refractivity (Wildman–Crippen MR) is 76.7 cm³/mol. The molecule has 0 atom stereocenters. The van der Waals surface area contributed by atoms with E-state index in [1.54, 1.807) is 4.31 Å². The van der Waals surface area contributed by atoms with Gasteiger partial charge in [-0.1, -0.05) is 0 Å². The molecule has 5 nitrogen and oxygen atoms in total. The first-order valence-corrected chi connectivity index (χ1v) is 8.49. The largest absolute Gasteiger partial charge is 0.506 e. The standard InChI is InChI=1S/C14H20N2O3S/c15-13-7-12(5-6-14(13)17)20(18,19)16(8-10-1-2-10)9-11-3-4-11/h5-7,10-11,17H,1-4,8-9,15H2. The van der Waals surface area contributed by atoms with Gasteiger partial charge in [0.05, 0.1) is 10.6 Å². The summed E-state index contributed by atoms with van der Waals surface area (Å²) >= 11 is 0. The molecule has 0 heterocycles. The van der Waals surface area contributed by atoms with Gasteiger partial charge in [0, 0.05) is 13.1 Å². The number of phenols is 1. The van der Waals surface area contributed by atoms with Crippen molar-refractivity contribution in [1.29, 1.82) is 0 Å². The molecule has 3 N–H and O–H groups in total. The van der Waals surface area contributed by atoms with E-state index in [0.29, 0.717) is 24.9 Å². The maximum Gasteiger partial charge on any atom is 0.243 e. The van der Waals surface area contributed by atoms with Gasteiger partial charge >= 0.3 is 0 Å². The Labute approximate surface area is 119 Å². The highest BCUT2D eigenvalue weighted by molar-refractivity contribution is 7.89. The third-order valence-electron chi connectivity index (χ3n) is 3.95. The molecule has 0 aliphatic heterocycles. The number of phenolic OH excluding ortho intramolecular Hbond substituents is 1. The molecule has 3 rings (SSSR count). The van der Waals surface area contributed by atoms with Gasteiger partial charge in [-0.15, -0.1) is 0 Å². The zero-order valence-electron chi connectivity index (χ0n) is 11.3. The molecule has 2 aliphatic carbocycles. The third kappa shape index (κ3) is 2.91. The summed E-state index contributed by atoms with van der Waals surface area (Å²) in [5.41, 5.74) is 5.71. The maximum atomic E-state index is 12.7. The summed E-state index contributed by atoms with van der Waals surface area (Å²) in [6, 6.07) is 4.11. The minimum atomic E-state index is -3.51. The van der Waals surface area contributed by atoms with E-state index in [1.165, 1.54) is 18.2 Å². The molecule has 6 heteroatoms. The van der Waals surface area contributed by atoms with Crippen LogP contribution in [0.1, 0.15) is 25.7 Å². The number of nitrogen functional groups attached to an aromatic ring is 1. The summed E-state index contributed by atoms with van der Waals surface area (Å²) in [4.78, 5) is 0.175. The Balaban J connectivity index is 1.86. The van der Waals surface area contributed by atoms with Gasteiger partial charge in [-0.2, -0.15) is 4.31 Å². The summed E-state index contributed by atoms with van der Waals surface area (Å²) in [6.07, 6.45) is 4.48. The molecule has 0 saturated heterocycles. The monoisotopic (exact) mass is 296 g/mol. The number of hydrogen-bond donors (Lipinski definition) is 2. The van der Waals surface area contributed by atoms with Crippen molar-refractivity contribution in [1.82, 2.24) is 4.31 Å². The van der Waals surface area contributed by atoms with Gasteiger partial charge < -0.3 is 10.8 Å². The van der Waals surface area contributed by atoms with Crippen LogP contribution in [-0.2, 0) is 10.0 Å². The highest BCUT2D eigenvalue weighted by Gasteiger charge is 2.35. The van der Waals surface area contributed by atoms with Crippen molar-refractivity contribution in [2.45, 2.75) is 30.6 Å². The number of nitrogens with zero attached hydrogens (tertiary/aromatic N) is 1. The Morgan fingerprint density at radius 1 is 1.15 bits per heavy atom. The third-order valence-corrected chi connectivity index (χ3v) is 5.78. The van der Waals surface area contributed by atoms with E-state index in [4.69, 9.17) is 5.73 Å². The average Bonchev–Trinajstić information content (AvgIpc) is 3.26. The highest BCUT2D eigenvalue weighted by Crippen LogP contribution is 2.36. The quantitative estimate of drug-likeness (QED) is 0.619. The lowest BCUT2D eigenvalue weighted by Gasteiger charge is -2.22. The summed E-state index contributed by atoms with van der Waals surface area (Å²) in [5, 5.41) is 9.43. The van der Waals surface area contributed by atoms with Crippen molar-refractivity contribution in [3.8, 4) is 5.75 Å². The van der Waals surface area contributed by atoms with E-state index in [0.717, 1.165) is 25.7 Å². The molecule has 0 radical (unpaired) electrons. The van der Waals surface area contributed by atoms with E-state index in [-0.39, 0.29) is 16.3 Å². The fourth-order valence-corrected chi connectivity index (χ4v) is 3.92. The first-order valence-electron chi connectivity index (χ1n) is 7.05. The molecule has 1 aromatic carbocycles. The molecule has 20 heavy (non-hydrogen) atoms. The second-order valence-corrected chi connectivity index (χ2v) is 7.87. The van der Waals surface area contributed by atoms with Crippen molar-refractivity contribution >= 4 is 15.7 Å². The van der Waals surface area contributed by atoms with E-state index in [2.05, 4.69) is 0 Å². The van der Waals surface area contributed by atoms with Crippen LogP contribution in [0.4, 0.5) is 5.69 Å². The molecule has 110 valence electrons. The van der Waals surface area contributed by atoms with Crippen LogP contribution < -0.4 is 5.73 Å². The van der Waals surface area contributed by atoms with Crippen LogP contribution in [-0.4, -0.2) is 30.9 Å². The first kappa shape index (κ1) is 13.7. The van der Waals surface area contributed by atoms with Gasteiger partial charge in [0.1, 0.15) is 5.75 Å². The number of aromatic hydroxyl groups is 1. The van der Waals surface area contributed by atoms with Crippen LogP contribution in [0.5, 0.6) is 5.75 Å². The molecule has 1 aromatic rings. The van der Waals surface area contributed by atoms with Gasteiger partial charge in [0.25, 0.3) is 0 Å². The lowest BCUT2D eigenvalue weighted by Crippen LogP contribution is -2.34. The number of sulfonamides is 1. The maximum absolute atomic E-state index is 12.7. The van der Waals surface area contributed by atoms with Crippen LogP contribution in [0.3, 0.4) is 0 Å². The molecular formula is C14H20N2O3S. The highest BCUT2D eigenvalue weighted by atomic mass is 32.2. The number of anilines is 1. The van der Waals surface area contributed by atoms with Crippen molar-refractivity contribution in [2.75, 3.05) is 18.8 Å². The zero-order valence-corrected chi connectivity index (χ0v) is 12.1. The van der Waals surface area contributed by atoms with Crippen LogP contribution in [0.25, 0.3) is 0 Å². The Hall–Kier alpha value is -1.27. The Kier molecular flexibility index (Phi) is 3.38. The number of benzene rings is 1. The van der Waals surface area contributed by atoms with Gasteiger partial charge in [0.15, 0.2) is 0 Å². The van der Waals surface area contributed by atoms with E-state index >= 15 is 0 Å². The molecule has 0 bridgehead atoms. The number of hydrogen-bond acceptors (Lipinski definition) is 4. The van der Waals surface area contributed by atoms with E-state index in [9.17, 15) is 13.5 Å². The normalized spacial score (nSPS) is 19.4. The smallest absolute Gasteiger partial charge is 0.243 e. The molecule has 2 saturated carbocycles. The molecule has 0 aromatic heterocycles. The number of rotatable bonds is 6. The SMILES string of the molecule is Nc1cc(S(=O)(=O)N(CC2CC2)CC2CC2)ccc1O. The van der Waals surface area contributed by atoms with Crippen LogP contribution >= 0.6 is 0 Å². The van der Waals surface area contributed by atoms with Gasteiger partial charge in [-0.05, 0) is 55.7 Å². The summed E-state index contributed by atoms with van der Waals surface area (Å²) in [5.74, 6) is 0.941. The van der Waals surface area contributed by atoms with Gasteiger partial charge in [-0.3, -0.25) is 0 Å². The predicted octanol–water partition coefficient (Wildman–Crippen LogP) is 1.79. The van der Waals surface area contributed by atoms with Crippen LogP contribution in [0.15, 0.2) is 23.1 Å². The Bertz CT molecular complexity index is 593. The average molecular weight is 296 g/mol. The second kappa shape index (κ2) is 4.93. The second-order valence-electron chi connectivity index (χ2n) is 5.93. The molecule has 0 spiro atoms. The summed E-state index contributed by atoms with van der Waals surface area (Å²) in [7, 11) is -3.51. The summed E-state index contributed by atoms with van der Waals surface area (Å²) in [6.45, 7) is 1.22. The van der Waals surface area contributed by atoms with Crippen molar-refractivity contribution in [2.24, 2.45) is 11.8 Å². The van der Waals surface area contributed by atoms with Gasteiger partial charge in [0.2, 0.25) is 10.0 Å². The minimum Gasteiger partial charge on any atom is -0.506 e. The first-order chi connectivity index (χ1) is 9.46. The van der Waals surface area contributed by atoms with Crippen LogP contribution in [0.2, 0.25) is 0 Å². The lowest BCUT2D eigenvalue weighted by atomic mass is 10.3. The molecule has 0 unspecified atom stereocenters. The van der Waals surface area contributed by atoms with Gasteiger partial charge in [-0.25, -0.2) is 8.42 Å². The van der Waals surface area contributed by atoms with Crippen LogP contribution in [0, 0.1) is 11.8 Å². The Morgan fingerprint density at radius 2 is 1.70 bits per heavy atom. The van der Waals surface area contributed by atoms with Crippen molar-refractivity contribution < 1.29 is 13.5 Å². The van der Waals surface area contributed by atoms with Crippen molar-refractivity contribution in [3.63, 3.8) is 0 Å². The number of nitrogens with two attached hydrogens (primary N) is 1. The molecular weight excluding hydrogens is 276 g/mol. The van der Waals surface area contributed by atoms with E-state index < -0.39 is 10.0 Å².